The molecule has 0 N–H and O–H groups in total. The lowest BCUT2D eigenvalue weighted by Gasteiger charge is -2.18. The third-order valence-corrected chi connectivity index (χ3v) is 10.8. The average molecular weight is 901 g/mol. The smallest absolute Gasteiger partial charge is 0.306 e. The van der Waals surface area contributed by atoms with Crippen LogP contribution in [0, 0.1) is 0 Å². The summed E-state index contributed by atoms with van der Waals surface area (Å²) in [5.74, 6) is -1.03. The van der Waals surface area contributed by atoms with E-state index in [-0.39, 0.29) is 31.6 Å². The van der Waals surface area contributed by atoms with Crippen molar-refractivity contribution in [2.45, 2.75) is 232 Å². The molecule has 0 aliphatic carbocycles. The van der Waals surface area contributed by atoms with E-state index in [9.17, 15) is 14.4 Å². The number of unbranched alkanes of at least 4 members (excludes halogenated alkanes) is 17. The molecule has 0 spiro atoms. The third kappa shape index (κ3) is 50.9. The van der Waals surface area contributed by atoms with Gasteiger partial charge in [-0.25, -0.2) is 0 Å². The van der Waals surface area contributed by atoms with Crippen molar-refractivity contribution in [1.29, 1.82) is 0 Å². The summed E-state index contributed by atoms with van der Waals surface area (Å²) in [4.78, 5) is 37.7. The van der Waals surface area contributed by atoms with Gasteiger partial charge in [0.2, 0.25) is 0 Å². The Morgan fingerprint density at radius 2 is 0.631 bits per heavy atom. The van der Waals surface area contributed by atoms with E-state index in [1.54, 1.807) is 0 Å². The second kappa shape index (κ2) is 52.7. The Morgan fingerprint density at radius 1 is 0.323 bits per heavy atom. The van der Waals surface area contributed by atoms with Crippen LogP contribution in [0.4, 0.5) is 0 Å². The van der Waals surface area contributed by atoms with Crippen LogP contribution >= 0.6 is 0 Å². The first-order chi connectivity index (χ1) is 32.0. The van der Waals surface area contributed by atoms with E-state index in [0.29, 0.717) is 19.3 Å². The number of allylic oxidation sites excluding steroid dienone is 18. The monoisotopic (exact) mass is 901 g/mol. The molecule has 0 heterocycles. The number of ether oxygens (including phenoxy) is 3. The van der Waals surface area contributed by atoms with E-state index in [1.165, 1.54) is 70.6 Å². The second-order valence-electron chi connectivity index (χ2n) is 17.1. The minimum Gasteiger partial charge on any atom is -0.462 e. The Bertz CT molecular complexity index is 1360. The normalized spacial score (nSPS) is 13.0. The van der Waals surface area contributed by atoms with Gasteiger partial charge in [-0.05, 0) is 96.3 Å². The highest BCUT2D eigenvalue weighted by molar-refractivity contribution is 5.71. The minimum absolute atomic E-state index is 0.113. The van der Waals surface area contributed by atoms with Crippen LogP contribution in [0.25, 0.3) is 0 Å². The van der Waals surface area contributed by atoms with Crippen LogP contribution in [0.5, 0.6) is 0 Å². The molecular formula is C59H96O6. The summed E-state index contributed by atoms with van der Waals surface area (Å²) in [7, 11) is 0. The Labute approximate surface area is 400 Å². The number of rotatable bonds is 46. The SMILES string of the molecule is CC/C=C\C/C=C\C/C=C\C/C=C\C/C=C\C/C=C\CCC(=O)OC(COC(=O)CCCCCCC)COC(=O)CCCCCCCCCC/C=C\C/C=C\C/C=C\CCCCCCC. The van der Waals surface area contributed by atoms with Gasteiger partial charge in [-0.15, -0.1) is 0 Å². The van der Waals surface area contributed by atoms with Gasteiger partial charge in [0, 0.05) is 19.3 Å². The molecule has 0 aromatic rings. The highest BCUT2D eigenvalue weighted by Crippen LogP contribution is 2.13. The van der Waals surface area contributed by atoms with Crippen LogP contribution in [0.1, 0.15) is 226 Å². The van der Waals surface area contributed by atoms with Crippen molar-refractivity contribution in [3.05, 3.63) is 109 Å². The quantitative estimate of drug-likeness (QED) is 0.0262. The zero-order valence-corrected chi connectivity index (χ0v) is 42.0. The Balaban J connectivity index is 4.28. The molecule has 1 atom stereocenters. The molecule has 0 aromatic carbocycles. The predicted octanol–water partition coefficient (Wildman–Crippen LogP) is 17.5. The van der Waals surface area contributed by atoms with Crippen molar-refractivity contribution >= 4 is 17.9 Å². The van der Waals surface area contributed by atoms with E-state index < -0.39 is 12.1 Å². The zero-order valence-electron chi connectivity index (χ0n) is 42.0. The Kier molecular flexibility index (Phi) is 49.5. The van der Waals surface area contributed by atoms with E-state index in [2.05, 4.69) is 118 Å². The number of hydrogen-bond acceptors (Lipinski definition) is 6. The molecule has 0 saturated carbocycles. The van der Waals surface area contributed by atoms with Gasteiger partial charge in [0.1, 0.15) is 13.2 Å². The van der Waals surface area contributed by atoms with Crippen LogP contribution in [-0.4, -0.2) is 37.2 Å². The van der Waals surface area contributed by atoms with Crippen LogP contribution in [0.15, 0.2) is 109 Å². The molecular weight excluding hydrogens is 805 g/mol. The van der Waals surface area contributed by atoms with Crippen molar-refractivity contribution in [2.75, 3.05) is 13.2 Å². The molecule has 0 amide bonds. The molecule has 0 radical (unpaired) electrons. The summed E-state index contributed by atoms with van der Waals surface area (Å²) >= 11 is 0. The van der Waals surface area contributed by atoms with Gasteiger partial charge in [-0.2, -0.15) is 0 Å². The third-order valence-electron chi connectivity index (χ3n) is 10.8. The number of carbonyl (C=O) groups excluding carboxylic acids is 3. The largest absolute Gasteiger partial charge is 0.462 e. The first kappa shape index (κ1) is 61.1. The second-order valence-corrected chi connectivity index (χ2v) is 17.1. The van der Waals surface area contributed by atoms with Gasteiger partial charge in [0.25, 0.3) is 0 Å². The summed E-state index contributed by atoms with van der Waals surface area (Å²) < 4.78 is 16.6. The van der Waals surface area contributed by atoms with Crippen molar-refractivity contribution in [3.63, 3.8) is 0 Å². The van der Waals surface area contributed by atoms with E-state index >= 15 is 0 Å². The van der Waals surface area contributed by atoms with E-state index in [1.807, 2.05) is 12.2 Å². The molecule has 6 nitrogen and oxygen atoms in total. The number of hydrogen-bond donors (Lipinski definition) is 0. The first-order valence-electron chi connectivity index (χ1n) is 26.4. The van der Waals surface area contributed by atoms with Crippen LogP contribution in [0.2, 0.25) is 0 Å². The van der Waals surface area contributed by atoms with Crippen molar-refractivity contribution in [3.8, 4) is 0 Å². The van der Waals surface area contributed by atoms with Crippen LogP contribution in [0.3, 0.4) is 0 Å². The first-order valence-corrected chi connectivity index (χ1v) is 26.4. The summed E-state index contributed by atoms with van der Waals surface area (Å²) in [6.45, 7) is 6.34. The molecule has 1 unspecified atom stereocenters. The number of esters is 3. The fraction of sp³-hybridized carbons (Fsp3) is 0.644. The maximum absolute atomic E-state index is 12.7. The van der Waals surface area contributed by atoms with Crippen LogP contribution in [-0.2, 0) is 28.6 Å². The van der Waals surface area contributed by atoms with Gasteiger partial charge < -0.3 is 14.2 Å². The van der Waals surface area contributed by atoms with Crippen LogP contribution < -0.4 is 0 Å². The zero-order chi connectivity index (χ0) is 47.2. The van der Waals surface area contributed by atoms with Crippen molar-refractivity contribution in [1.82, 2.24) is 0 Å². The van der Waals surface area contributed by atoms with Crippen molar-refractivity contribution < 1.29 is 28.6 Å². The maximum Gasteiger partial charge on any atom is 0.306 e. The highest BCUT2D eigenvalue weighted by Gasteiger charge is 2.19. The lowest BCUT2D eigenvalue weighted by molar-refractivity contribution is -0.166. The van der Waals surface area contributed by atoms with E-state index in [4.69, 9.17) is 14.2 Å². The molecule has 0 aliphatic heterocycles. The molecule has 6 heteroatoms. The van der Waals surface area contributed by atoms with Gasteiger partial charge in [0.15, 0.2) is 6.10 Å². The molecule has 0 fully saturated rings. The molecule has 65 heavy (non-hydrogen) atoms. The minimum atomic E-state index is -0.819. The molecule has 0 aliphatic rings. The molecule has 0 aromatic heterocycles. The average Bonchev–Trinajstić information content (AvgIpc) is 3.30. The summed E-state index contributed by atoms with van der Waals surface area (Å²) in [6.07, 6.45) is 71.3. The van der Waals surface area contributed by atoms with Crippen molar-refractivity contribution in [2.24, 2.45) is 0 Å². The lowest BCUT2D eigenvalue weighted by atomic mass is 10.1. The lowest BCUT2D eigenvalue weighted by Crippen LogP contribution is -2.30. The summed E-state index contributed by atoms with van der Waals surface area (Å²) in [6, 6.07) is 0. The number of carbonyl (C=O) groups is 3. The van der Waals surface area contributed by atoms with Gasteiger partial charge in [-0.1, -0.05) is 220 Å². The standard InChI is InChI=1S/C59H96O6/c1-4-7-10-13-15-17-19-21-23-25-27-28-29-30-32-33-35-37-39-41-43-46-49-52-58(61)64-55-56(54-63-57(60)51-48-45-12-9-6-3)65-59(62)53-50-47-44-42-40-38-36-34-31-26-24-22-20-18-16-14-11-8-5-2/h8,11,16,18-19,21-22,24-25,27,29-31,34,38,40,44,47,56H,4-7,9-10,12-15,17,20,23,26,28,32-33,35-37,39,41-43,45-46,48-55H2,1-3H3/b11-8-,18-16-,21-19-,24-22-,27-25-,30-29-,34-31-,40-38-,47-44-. The summed E-state index contributed by atoms with van der Waals surface area (Å²) in [5, 5.41) is 0. The maximum atomic E-state index is 12.7. The fourth-order valence-electron chi connectivity index (χ4n) is 6.83. The molecule has 0 bridgehead atoms. The highest BCUT2D eigenvalue weighted by atomic mass is 16.6. The molecule has 0 saturated heterocycles. The fourth-order valence-corrected chi connectivity index (χ4v) is 6.83. The van der Waals surface area contributed by atoms with Gasteiger partial charge in [-0.3, -0.25) is 14.4 Å². The summed E-state index contributed by atoms with van der Waals surface area (Å²) in [5.41, 5.74) is 0. The van der Waals surface area contributed by atoms with Gasteiger partial charge in [0.05, 0.1) is 0 Å². The predicted molar refractivity (Wildman–Crippen MR) is 279 cm³/mol. The van der Waals surface area contributed by atoms with Gasteiger partial charge >= 0.3 is 17.9 Å². The Hall–Kier alpha value is -3.93. The molecule has 0 rings (SSSR count). The molecule has 368 valence electrons. The topological polar surface area (TPSA) is 78.9 Å². The Morgan fingerprint density at radius 3 is 1.00 bits per heavy atom. The van der Waals surface area contributed by atoms with E-state index in [0.717, 1.165) is 109 Å².